The van der Waals surface area contributed by atoms with Crippen LogP contribution in [0.4, 0.5) is 45.5 Å². The minimum absolute atomic E-state index is 0.493. The highest BCUT2D eigenvalue weighted by Gasteiger charge is 2.27. The molecule has 3 aromatic heterocycles. The second-order valence-corrected chi connectivity index (χ2v) is 28.7. The minimum atomic E-state index is 0.493. The van der Waals surface area contributed by atoms with Gasteiger partial charge in [-0.3, -0.25) is 0 Å². The Kier molecular flexibility index (Phi) is 21.9. The van der Waals surface area contributed by atoms with Crippen LogP contribution in [0, 0.1) is 0 Å². The van der Waals surface area contributed by atoms with E-state index in [0.29, 0.717) is 98.2 Å². The number of hydrogen-bond donors (Lipinski definition) is 10. The molecule has 15 aromatic rings. The van der Waals surface area contributed by atoms with E-state index >= 15 is 0 Å². The topological polar surface area (TPSA) is 205 Å². The van der Waals surface area contributed by atoms with Crippen molar-refractivity contribution in [2.45, 2.75) is 51.4 Å². The molecule has 17 rings (SSSR count). The van der Waals surface area contributed by atoms with Crippen LogP contribution in [0.25, 0.3) is 89.7 Å². The molecule has 0 aliphatic carbocycles. The van der Waals surface area contributed by atoms with Gasteiger partial charge >= 0.3 is 0 Å². The lowest BCUT2D eigenvalue weighted by molar-refractivity contribution is 1.01. The van der Waals surface area contributed by atoms with Crippen LogP contribution in [0.2, 0.25) is 0 Å². The van der Waals surface area contributed by atoms with Gasteiger partial charge in [-0.25, -0.2) is 29.9 Å². The largest absolute Gasteiger partial charge is 0.383 e. The van der Waals surface area contributed by atoms with Gasteiger partial charge in [0.1, 0.15) is 22.6 Å². The Labute approximate surface area is 653 Å². The van der Waals surface area contributed by atoms with Crippen LogP contribution in [-0.2, 0) is 51.4 Å². The van der Waals surface area contributed by atoms with Gasteiger partial charge in [-0.2, -0.15) is 0 Å². The van der Waals surface area contributed by atoms with E-state index in [9.17, 15) is 0 Å². The van der Waals surface area contributed by atoms with Gasteiger partial charge in [0.25, 0.3) is 0 Å². The number of H-pyrrole nitrogens is 2. The molecule has 2 aliphatic heterocycles. The smallest absolute Gasteiger partial charge is 0.164 e. The molecule has 10 N–H and O–H groups in total. The molecule has 0 atom stereocenters. The van der Waals surface area contributed by atoms with Crippen molar-refractivity contribution < 1.29 is 0 Å². The number of rotatable bonds is 32. The van der Waals surface area contributed by atoms with E-state index in [-0.39, 0.29) is 0 Å². The van der Waals surface area contributed by atoms with E-state index in [4.69, 9.17) is 29.9 Å². The first-order valence-corrected chi connectivity index (χ1v) is 39.2. The molecule has 0 amide bonds. The summed E-state index contributed by atoms with van der Waals surface area (Å²) in [6.45, 7) is 5.48. The first kappa shape index (κ1) is 71.3. The van der Waals surface area contributed by atoms with Gasteiger partial charge in [0.2, 0.25) is 0 Å². The zero-order valence-corrected chi connectivity index (χ0v) is 62.7. The van der Waals surface area contributed by atoms with Crippen molar-refractivity contribution >= 4 is 89.6 Å². The summed E-state index contributed by atoms with van der Waals surface area (Å²) < 4.78 is 0. The highest BCUT2D eigenvalue weighted by Crippen LogP contribution is 2.44. The lowest BCUT2D eigenvalue weighted by Crippen LogP contribution is -2.11. The van der Waals surface area contributed by atoms with Crippen LogP contribution in [0.1, 0.15) is 44.5 Å². The maximum absolute atomic E-state index is 5.75. The number of aromatic nitrogens is 8. The molecule has 0 saturated carbocycles. The molecule has 0 unspecified atom stereocenters. The quantitative estimate of drug-likeness (QED) is 0.0191. The number of anilines is 8. The zero-order valence-electron chi connectivity index (χ0n) is 62.7. The van der Waals surface area contributed by atoms with Gasteiger partial charge in [-0.1, -0.05) is 243 Å². The molecule has 0 saturated heterocycles. The molecule has 16 nitrogen and oxygen atoms in total. The molecular formula is C96H90N16. The van der Waals surface area contributed by atoms with Crippen molar-refractivity contribution in [2.24, 2.45) is 0 Å². The third kappa shape index (κ3) is 17.1. The van der Waals surface area contributed by atoms with Crippen LogP contribution < -0.4 is 42.5 Å². The van der Waals surface area contributed by atoms with Crippen molar-refractivity contribution in [3.8, 4) is 45.6 Å². The molecule has 12 aromatic carbocycles. The number of benzene rings is 12. The molecule has 112 heavy (non-hydrogen) atoms. The predicted molar refractivity (Wildman–Crippen MR) is 465 cm³/mol. The van der Waals surface area contributed by atoms with E-state index in [0.717, 1.165) is 141 Å². The summed E-state index contributed by atoms with van der Waals surface area (Å²) >= 11 is 0. The Morgan fingerprint density at radius 1 is 0.179 bits per heavy atom. The third-order valence-corrected chi connectivity index (χ3v) is 21.0. The number of nitrogens with zero attached hydrogens (tertiary/aromatic N) is 6. The average molecular weight is 1470 g/mol. The Hall–Kier alpha value is -13.6. The molecule has 0 spiro atoms. The number of nitrogens with one attached hydrogen (secondary N) is 10. The fourth-order valence-corrected chi connectivity index (χ4v) is 15.0. The van der Waals surface area contributed by atoms with Crippen LogP contribution in [-0.4, -0.2) is 92.2 Å². The monoisotopic (exact) mass is 1470 g/mol. The fourth-order valence-electron chi connectivity index (χ4n) is 15.0. The molecule has 16 heteroatoms. The summed E-state index contributed by atoms with van der Waals surface area (Å²) in [6.07, 6.45) is 6.56. The van der Waals surface area contributed by atoms with Crippen LogP contribution in [0.3, 0.4) is 0 Å². The normalized spacial score (nSPS) is 11.4. The van der Waals surface area contributed by atoms with Gasteiger partial charge in [-0.15, -0.1) is 0 Å². The molecule has 0 fully saturated rings. The van der Waals surface area contributed by atoms with E-state index in [1.165, 1.54) is 44.5 Å². The Balaban J connectivity index is 0.900. The Bertz CT molecular complexity index is 5170. The summed E-state index contributed by atoms with van der Waals surface area (Å²) in [5.41, 5.74) is 23.0. The third-order valence-electron chi connectivity index (χ3n) is 21.0. The summed E-state index contributed by atoms with van der Waals surface area (Å²) in [5.74, 6) is 1.97. The second-order valence-electron chi connectivity index (χ2n) is 28.7. The minimum Gasteiger partial charge on any atom is -0.383 e. The van der Waals surface area contributed by atoms with Crippen LogP contribution in [0.15, 0.2) is 291 Å². The van der Waals surface area contributed by atoms with Crippen molar-refractivity contribution in [2.75, 3.05) is 94.9 Å². The maximum Gasteiger partial charge on any atom is 0.164 e. The number of aromatic amines is 2. The molecule has 0 radical (unpaired) electrons. The van der Waals surface area contributed by atoms with Crippen LogP contribution in [0.5, 0.6) is 0 Å². The molecule has 2 aliphatic rings. The van der Waals surface area contributed by atoms with Gasteiger partial charge in [0.15, 0.2) is 23.3 Å². The Morgan fingerprint density at radius 3 is 0.491 bits per heavy atom. The molecule has 554 valence electrons. The highest BCUT2D eigenvalue weighted by molar-refractivity contribution is 6.11. The van der Waals surface area contributed by atoms with E-state index in [1.54, 1.807) is 0 Å². The maximum atomic E-state index is 5.75. The summed E-state index contributed by atoms with van der Waals surface area (Å²) in [6, 6.07) is 103. The summed E-state index contributed by atoms with van der Waals surface area (Å²) in [5, 5.41) is 34.5. The van der Waals surface area contributed by atoms with Crippen molar-refractivity contribution in [3.05, 3.63) is 336 Å². The predicted octanol–water partition coefficient (Wildman–Crippen LogP) is 20.1. The summed E-state index contributed by atoms with van der Waals surface area (Å²) in [7, 11) is 0. The first-order valence-electron chi connectivity index (χ1n) is 39.2. The van der Waals surface area contributed by atoms with E-state index in [2.05, 4.69) is 344 Å². The zero-order chi connectivity index (χ0) is 75.0. The SMILES string of the molecule is c1ccc(CCNc2cc3c(cc2NCCc2ccccc2)-c2nc-3nc3[nH]c(nc4nc(nc5[nH]c(n2)c2cc(NCCc6ccccc6)c(NCCc6ccccc6)cc52)-c2cc(NCCc5ccccc5)c(NCCc5ccccc5)cc2-4)c2cc(NCCc4ccccc4)c(NCCc4ccccc4)cc32)cc1. The molecule has 8 bridgehead atoms. The van der Waals surface area contributed by atoms with Gasteiger partial charge < -0.3 is 52.5 Å². The van der Waals surface area contributed by atoms with Gasteiger partial charge in [-0.05, 0) is 144 Å². The Morgan fingerprint density at radius 2 is 0.330 bits per heavy atom. The van der Waals surface area contributed by atoms with Crippen molar-refractivity contribution in [1.82, 2.24) is 39.9 Å². The first-order chi connectivity index (χ1) is 55.5. The van der Waals surface area contributed by atoms with E-state index < -0.39 is 0 Å². The number of hydrogen-bond acceptors (Lipinski definition) is 14. The molecule has 5 heterocycles. The number of fused-ring (bicyclic) bond motifs is 20. The van der Waals surface area contributed by atoms with Gasteiger partial charge in [0.05, 0.1) is 45.5 Å². The molecular weight excluding hydrogens is 1380 g/mol. The van der Waals surface area contributed by atoms with Crippen LogP contribution >= 0.6 is 0 Å². The lowest BCUT2D eigenvalue weighted by Gasteiger charge is -2.16. The summed E-state index contributed by atoms with van der Waals surface area (Å²) in [4.78, 5) is 41.9. The average Bonchev–Trinajstić information content (AvgIpc) is 1.59. The van der Waals surface area contributed by atoms with E-state index in [1.807, 2.05) is 0 Å². The fraction of sp³-hybridized carbons (Fsp3) is 0.167. The standard InChI is InChI=1S/C96H90N16/c1-9-25-65(26-10-1)41-49-97-81-57-73-74(58-82(81)98-50-42-66-27-11-2-12-28-66)90-105-89(73)109-91-75-59-83(99-51-43-67-29-13-3-14-30-67)84(100-52-44-68-31-15-4-16-32-68)60-76(75)93(106-91)111-95-79-63-87(103-55-47-71-37-21-7-22-38-71)88(104-56-48-72-39-23-8-24-40-72)64-80(79)96(108-95)112-94-78-62-86(102-54-46-70-35-19-6-20-36-70)85(61-77(78)92(107-94)110-90)101-53-45-69-33-17-5-18-34-69/h1-40,57-64,97-104H,41-56H2,(H2,105,106,107,108,109,110,111,112). The van der Waals surface area contributed by atoms with Crippen molar-refractivity contribution in [1.29, 1.82) is 0 Å². The van der Waals surface area contributed by atoms with Crippen molar-refractivity contribution in [3.63, 3.8) is 0 Å². The lowest BCUT2D eigenvalue weighted by atomic mass is 10.0. The van der Waals surface area contributed by atoms with Gasteiger partial charge in [0, 0.05) is 96.2 Å². The highest BCUT2D eigenvalue weighted by atomic mass is 15.1. The second kappa shape index (κ2) is 34.3.